The lowest BCUT2D eigenvalue weighted by Crippen LogP contribution is -2.29. The average Bonchev–Trinajstić information content (AvgIpc) is 2.98. The van der Waals surface area contributed by atoms with Crippen molar-refractivity contribution in [3.8, 4) is 5.82 Å². The van der Waals surface area contributed by atoms with E-state index in [0.717, 1.165) is 61.3 Å². The third kappa shape index (κ3) is 4.00. The fourth-order valence-corrected chi connectivity index (χ4v) is 3.51. The molecule has 6 heteroatoms. The molecular weight excluding hydrogens is 316 g/mol. The Morgan fingerprint density at radius 1 is 1.36 bits per heavy atom. The molecule has 2 aromatic rings. The third-order valence-corrected chi connectivity index (χ3v) is 4.91. The van der Waals surface area contributed by atoms with E-state index >= 15 is 0 Å². The van der Waals surface area contributed by atoms with Gasteiger partial charge >= 0.3 is 5.97 Å². The summed E-state index contributed by atoms with van der Waals surface area (Å²) in [6.45, 7) is 4.21. The molecule has 1 fully saturated rings. The standard InChI is InChI=1S/C19H26N4O2/c1-3-4-17-16(22-15-7-5-14(6-8-15)19(24)25)12-21-23(17)18-11-13(2)9-10-20-18/h9-12,14-15,22H,3-8H2,1-2H3,(H,24,25). The van der Waals surface area contributed by atoms with Crippen LogP contribution in [0.15, 0.2) is 24.5 Å². The highest BCUT2D eigenvalue weighted by Crippen LogP contribution is 2.29. The minimum absolute atomic E-state index is 0.188. The molecule has 0 radical (unpaired) electrons. The maximum atomic E-state index is 11.1. The minimum Gasteiger partial charge on any atom is -0.481 e. The quantitative estimate of drug-likeness (QED) is 0.839. The normalized spacial score (nSPS) is 20.4. The molecule has 0 bridgehead atoms. The molecule has 134 valence electrons. The summed E-state index contributed by atoms with van der Waals surface area (Å²) in [5.41, 5.74) is 3.34. The van der Waals surface area contributed by atoms with Crippen LogP contribution in [0, 0.1) is 12.8 Å². The first-order valence-corrected chi connectivity index (χ1v) is 9.07. The second-order valence-corrected chi connectivity index (χ2v) is 6.89. The summed E-state index contributed by atoms with van der Waals surface area (Å²) in [5.74, 6) is -0.0121. The van der Waals surface area contributed by atoms with Gasteiger partial charge in [-0.3, -0.25) is 4.79 Å². The Kier molecular flexibility index (Phi) is 5.36. The molecular formula is C19H26N4O2. The maximum absolute atomic E-state index is 11.1. The summed E-state index contributed by atoms with van der Waals surface area (Å²) in [6.07, 6.45) is 8.88. The Morgan fingerprint density at radius 2 is 2.12 bits per heavy atom. The van der Waals surface area contributed by atoms with Crippen LogP contribution in [0.3, 0.4) is 0 Å². The molecule has 1 aliphatic carbocycles. The van der Waals surface area contributed by atoms with E-state index < -0.39 is 5.97 Å². The Morgan fingerprint density at radius 3 is 2.76 bits per heavy atom. The van der Waals surface area contributed by atoms with Crippen LogP contribution >= 0.6 is 0 Å². The second kappa shape index (κ2) is 7.68. The zero-order chi connectivity index (χ0) is 17.8. The van der Waals surface area contributed by atoms with Gasteiger partial charge in [0.25, 0.3) is 0 Å². The molecule has 2 heterocycles. The van der Waals surface area contributed by atoms with Gasteiger partial charge in [-0.2, -0.15) is 5.10 Å². The lowest BCUT2D eigenvalue weighted by molar-refractivity contribution is -0.142. The molecule has 0 spiro atoms. The van der Waals surface area contributed by atoms with Gasteiger partial charge in [0.05, 0.1) is 23.5 Å². The molecule has 1 saturated carbocycles. The number of carboxylic acid groups (broad SMARTS) is 1. The first-order chi connectivity index (χ1) is 12.1. The smallest absolute Gasteiger partial charge is 0.306 e. The van der Waals surface area contributed by atoms with Gasteiger partial charge in [0, 0.05) is 12.2 Å². The lowest BCUT2D eigenvalue weighted by Gasteiger charge is -2.27. The van der Waals surface area contributed by atoms with E-state index in [1.165, 1.54) is 0 Å². The van der Waals surface area contributed by atoms with E-state index in [4.69, 9.17) is 5.11 Å². The minimum atomic E-state index is -0.663. The molecule has 0 atom stereocenters. The summed E-state index contributed by atoms with van der Waals surface area (Å²) in [4.78, 5) is 15.6. The second-order valence-electron chi connectivity index (χ2n) is 6.89. The summed E-state index contributed by atoms with van der Waals surface area (Å²) in [6, 6.07) is 4.33. The van der Waals surface area contributed by atoms with E-state index in [1.54, 1.807) is 0 Å². The Bertz CT molecular complexity index is 733. The molecule has 2 N–H and O–H groups in total. The molecule has 0 unspecified atom stereocenters. The first kappa shape index (κ1) is 17.5. The van der Waals surface area contributed by atoms with E-state index in [1.807, 2.05) is 36.1 Å². The summed E-state index contributed by atoms with van der Waals surface area (Å²) >= 11 is 0. The van der Waals surface area contributed by atoms with Crippen LogP contribution in [0.4, 0.5) is 5.69 Å². The maximum Gasteiger partial charge on any atom is 0.306 e. The molecule has 1 aliphatic rings. The number of rotatable bonds is 6. The van der Waals surface area contributed by atoms with Gasteiger partial charge in [-0.1, -0.05) is 13.3 Å². The van der Waals surface area contributed by atoms with Crippen molar-refractivity contribution in [3.63, 3.8) is 0 Å². The van der Waals surface area contributed by atoms with Gasteiger partial charge in [-0.25, -0.2) is 9.67 Å². The van der Waals surface area contributed by atoms with Crippen molar-refractivity contribution in [2.45, 2.75) is 58.4 Å². The van der Waals surface area contributed by atoms with Crippen molar-refractivity contribution in [1.82, 2.24) is 14.8 Å². The Labute approximate surface area is 148 Å². The van der Waals surface area contributed by atoms with Crippen LogP contribution in [0.1, 0.15) is 50.3 Å². The Balaban J connectivity index is 1.77. The molecule has 25 heavy (non-hydrogen) atoms. The lowest BCUT2D eigenvalue weighted by atomic mass is 9.86. The number of nitrogens with one attached hydrogen (secondary N) is 1. The zero-order valence-corrected chi connectivity index (χ0v) is 14.9. The molecule has 0 aromatic carbocycles. The predicted molar refractivity (Wildman–Crippen MR) is 97.1 cm³/mol. The van der Waals surface area contributed by atoms with Crippen LogP contribution in [0.25, 0.3) is 5.82 Å². The van der Waals surface area contributed by atoms with Crippen molar-refractivity contribution in [2.24, 2.45) is 5.92 Å². The number of pyridine rings is 1. The topological polar surface area (TPSA) is 80.0 Å². The van der Waals surface area contributed by atoms with E-state index in [-0.39, 0.29) is 5.92 Å². The van der Waals surface area contributed by atoms with Crippen molar-refractivity contribution >= 4 is 11.7 Å². The van der Waals surface area contributed by atoms with Crippen LogP contribution in [-0.4, -0.2) is 31.9 Å². The fraction of sp³-hybridized carbons (Fsp3) is 0.526. The highest BCUT2D eigenvalue weighted by molar-refractivity contribution is 5.70. The number of carbonyl (C=O) groups is 1. The average molecular weight is 342 g/mol. The van der Waals surface area contributed by atoms with Crippen molar-refractivity contribution in [1.29, 1.82) is 0 Å². The number of nitrogens with zero attached hydrogens (tertiary/aromatic N) is 3. The van der Waals surface area contributed by atoms with Gasteiger partial charge < -0.3 is 10.4 Å². The summed E-state index contributed by atoms with van der Waals surface area (Å²) < 4.78 is 1.92. The first-order valence-electron chi connectivity index (χ1n) is 9.07. The number of aliphatic carboxylic acids is 1. The number of hydrogen-bond acceptors (Lipinski definition) is 4. The van der Waals surface area contributed by atoms with E-state index in [9.17, 15) is 4.79 Å². The van der Waals surface area contributed by atoms with Crippen LogP contribution < -0.4 is 5.32 Å². The SMILES string of the molecule is CCCc1c(NC2CCC(C(=O)O)CC2)cnn1-c1cc(C)ccn1. The molecule has 0 saturated heterocycles. The van der Waals surface area contributed by atoms with Crippen LogP contribution in [0.2, 0.25) is 0 Å². The number of anilines is 1. The van der Waals surface area contributed by atoms with Gasteiger partial charge in [0.2, 0.25) is 0 Å². The van der Waals surface area contributed by atoms with E-state index in [2.05, 4.69) is 22.3 Å². The van der Waals surface area contributed by atoms with E-state index in [0.29, 0.717) is 6.04 Å². The molecule has 0 aliphatic heterocycles. The number of hydrogen-bond donors (Lipinski definition) is 2. The van der Waals surface area contributed by atoms with Crippen molar-refractivity contribution < 1.29 is 9.90 Å². The zero-order valence-electron chi connectivity index (χ0n) is 14.9. The third-order valence-electron chi connectivity index (χ3n) is 4.91. The van der Waals surface area contributed by atoms with Crippen molar-refractivity contribution in [2.75, 3.05) is 5.32 Å². The highest BCUT2D eigenvalue weighted by atomic mass is 16.4. The van der Waals surface area contributed by atoms with Crippen LogP contribution in [0.5, 0.6) is 0 Å². The Hall–Kier alpha value is -2.37. The molecule has 6 nitrogen and oxygen atoms in total. The van der Waals surface area contributed by atoms with Crippen LogP contribution in [-0.2, 0) is 11.2 Å². The van der Waals surface area contributed by atoms with Gasteiger partial charge in [-0.15, -0.1) is 0 Å². The molecule has 0 amide bonds. The summed E-state index contributed by atoms with van der Waals surface area (Å²) in [7, 11) is 0. The molecule has 2 aromatic heterocycles. The van der Waals surface area contributed by atoms with Gasteiger partial charge in [-0.05, 0) is 56.7 Å². The summed E-state index contributed by atoms with van der Waals surface area (Å²) in [5, 5.41) is 17.3. The van der Waals surface area contributed by atoms with Crippen molar-refractivity contribution in [3.05, 3.63) is 35.8 Å². The highest BCUT2D eigenvalue weighted by Gasteiger charge is 2.26. The van der Waals surface area contributed by atoms with Gasteiger partial charge in [0.1, 0.15) is 0 Å². The number of carboxylic acids is 1. The molecule has 3 rings (SSSR count). The monoisotopic (exact) mass is 342 g/mol. The predicted octanol–water partition coefficient (Wildman–Crippen LogP) is 3.58. The number of aromatic nitrogens is 3. The number of aryl methyl sites for hydroxylation is 1. The van der Waals surface area contributed by atoms with Gasteiger partial charge in [0.15, 0.2) is 5.82 Å². The fourth-order valence-electron chi connectivity index (χ4n) is 3.51. The largest absolute Gasteiger partial charge is 0.481 e.